The molecule has 0 aromatic heterocycles. The van der Waals surface area contributed by atoms with E-state index in [1.165, 1.54) is 0 Å². The van der Waals surface area contributed by atoms with Gasteiger partial charge >= 0.3 is 5.97 Å². The average molecular weight is 541 g/mol. The van der Waals surface area contributed by atoms with Gasteiger partial charge in [-0.3, -0.25) is 9.52 Å². The Morgan fingerprint density at radius 2 is 1.54 bits per heavy atom. The number of sulfonamides is 1. The second kappa shape index (κ2) is 9.84. The molecule has 0 saturated heterocycles. The van der Waals surface area contributed by atoms with Crippen LogP contribution in [0.15, 0.2) is 53.4 Å². The van der Waals surface area contributed by atoms with Gasteiger partial charge in [0.25, 0.3) is 15.9 Å². The standard InChI is InChI=1S/C28H29ClN2O5S/c1-16-14-24(17(2)13-23(16)29)37(35,36)31-22-8-5-7-20(15-22)21-11-18(3)25(19(4)12-21)26(32)30-28(27(33)34)9-6-10-28/h5,7-8,11-15,31H,6,9-10H2,1-4H3,(H,30,32)(H,33,34). The second-order valence-electron chi connectivity index (χ2n) is 9.73. The normalized spacial score (nSPS) is 14.5. The largest absolute Gasteiger partial charge is 0.480 e. The molecule has 7 nitrogen and oxygen atoms in total. The number of rotatable bonds is 7. The molecule has 3 aromatic rings. The number of carboxylic acid groups (broad SMARTS) is 1. The summed E-state index contributed by atoms with van der Waals surface area (Å²) in [6, 6.07) is 13.9. The Labute approximate surface area is 221 Å². The number of anilines is 1. The molecule has 3 aromatic carbocycles. The summed E-state index contributed by atoms with van der Waals surface area (Å²) >= 11 is 6.13. The van der Waals surface area contributed by atoms with Crippen LogP contribution in [0, 0.1) is 27.7 Å². The third-order valence-corrected chi connectivity index (χ3v) is 8.85. The number of benzene rings is 3. The molecule has 194 valence electrons. The summed E-state index contributed by atoms with van der Waals surface area (Å²) in [6.07, 6.45) is 1.60. The van der Waals surface area contributed by atoms with E-state index < -0.39 is 27.4 Å². The summed E-state index contributed by atoms with van der Waals surface area (Å²) in [5.41, 5.74) is 3.84. The minimum absolute atomic E-state index is 0.160. The maximum atomic E-state index is 13.1. The first-order chi connectivity index (χ1) is 17.3. The third-order valence-electron chi connectivity index (χ3n) is 6.92. The van der Waals surface area contributed by atoms with E-state index in [4.69, 9.17) is 11.6 Å². The Balaban J connectivity index is 1.61. The molecular weight excluding hydrogens is 512 g/mol. The van der Waals surface area contributed by atoms with Crippen molar-refractivity contribution in [3.63, 3.8) is 0 Å². The number of carbonyl (C=O) groups is 2. The molecular formula is C28H29ClN2O5S. The molecule has 0 heterocycles. The van der Waals surface area contributed by atoms with E-state index in [9.17, 15) is 23.1 Å². The number of aliphatic carboxylic acids is 1. The van der Waals surface area contributed by atoms with E-state index in [1.54, 1.807) is 58.0 Å². The van der Waals surface area contributed by atoms with E-state index >= 15 is 0 Å². The fourth-order valence-corrected chi connectivity index (χ4v) is 6.29. The quantitative estimate of drug-likeness (QED) is 0.351. The number of nitrogens with one attached hydrogen (secondary N) is 2. The van der Waals surface area contributed by atoms with Crippen molar-refractivity contribution in [2.75, 3.05) is 4.72 Å². The van der Waals surface area contributed by atoms with Crippen molar-refractivity contribution in [3.05, 3.63) is 81.4 Å². The number of hydrogen-bond acceptors (Lipinski definition) is 4. The predicted octanol–water partition coefficient (Wildman–Crippen LogP) is 5.78. The van der Waals surface area contributed by atoms with Crippen LogP contribution in [0.5, 0.6) is 0 Å². The van der Waals surface area contributed by atoms with E-state index in [1.807, 2.05) is 18.2 Å². The lowest BCUT2D eigenvalue weighted by molar-refractivity contribution is -0.148. The summed E-state index contributed by atoms with van der Waals surface area (Å²) in [4.78, 5) is 24.8. The first kappa shape index (κ1) is 26.7. The van der Waals surface area contributed by atoms with Crippen molar-refractivity contribution >= 4 is 39.2 Å². The maximum absolute atomic E-state index is 13.1. The fraction of sp³-hybridized carbons (Fsp3) is 0.286. The van der Waals surface area contributed by atoms with Gasteiger partial charge in [-0.2, -0.15) is 0 Å². The first-order valence-electron chi connectivity index (χ1n) is 11.9. The Hall–Kier alpha value is -3.36. The zero-order valence-electron chi connectivity index (χ0n) is 21.1. The molecule has 0 atom stereocenters. The van der Waals surface area contributed by atoms with Gasteiger partial charge in [-0.15, -0.1) is 0 Å². The van der Waals surface area contributed by atoms with Gasteiger partial charge in [-0.1, -0.05) is 35.9 Å². The van der Waals surface area contributed by atoms with Gasteiger partial charge in [0.05, 0.1) is 4.90 Å². The summed E-state index contributed by atoms with van der Waals surface area (Å²) < 4.78 is 28.9. The zero-order valence-corrected chi connectivity index (χ0v) is 22.7. The Morgan fingerprint density at radius 3 is 2.11 bits per heavy atom. The van der Waals surface area contributed by atoms with E-state index in [0.717, 1.165) is 17.5 Å². The Morgan fingerprint density at radius 1 is 0.892 bits per heavy atom. The minimum atomic E-state index is -3.85. The van der Waals surface area contributed by atoms with Crippen LogP contribution in [0.25, 0.3) is 11.1 Å². The van der Waals surface area contributed by atoms with Gasteiger partial charge in [-0.05, 0) is 105 Å². The molecule has 0 spiro atoms. The number of hydrogen-bond donors (Lipinski definition) is 3. The lowest BCUT2D eigenvalue weighted by Crippen LogP contribution is -2.59. The molecule has 0 bridgehead atoms. The van der Waals surface area contributed by atoms with Crippen molar-refractivity contribution in [2.24, 2.45) is 0 Å². The van der Waals surface area contributed by atoms with Crippen molar-refractivity contribution in [1.82, 2.24) is 5.32 Å². The highest BCUT2D eigenvalue weighted by Gasteiger charge is 2.46. The van der Waals surface area contributed by atoms with Crippen molar-refractivity contribution in [1.29, 1.82) is 0 Å². The van der Waals surface area contributed by atoms with Gasteiger partial charge < -0.3 is 10.4 Å². The van der Waals surface area contributed by atoms with Crippen LogP contribution in [0.1, 0.15) is 51.9 Å². The number of carbonyl (C=O) groups excluding carboxylic acids is 1. The average Bonchev–Trinajstić information content (AvgIpc) is 2.77. The zero-order chi connectivity index (χ0) is 27.1. The highest BCUT2D eigenvalue weighted by molar-refractivity contribution is 7.92. The van der Waals surface area contributed by atoms with Crippen LogP contribution in [0.2, 0.25) is 5.02 Å². The highest BCUT2D eigenvalue weighted by Crippen LogP contribution is 2.34. The van der Waals surface area contributed by atoms with E-state index in [-0.39, 0.29) is 4.90 Å². The molecule has 4 rings (SSSR count). The first-order valence-corrected chi connectivity index (χ1v) is 13.8. The molecule has 0 aliphatic heterocycles. The van der Waals surface area contributed by atoms with Crippen LogP contribution < -0.4 is 10.0 Å². The fourth-order valence-electron chi connectivity index (χ4n) is 4.71. The van der Waals surface area contributed by atoms with Gasteiger partial charge in [0.15, 0.2) is 0 Å². The number of amides is 1. The molecule has 37 heavy (non-hydrogen) atoms. The van der Waals surface area contributed by atoms with Crippen molar-refractivity contribution in [3.8, 4) is 11.1 Å². The Kier molecular flexibility index (Phi) is 7.10. The molecule has 1 aliphatic rings. The van der Waals surface area contributed by atoms with Crippen LogP contribution in [-0.2, 0) is 14.8 Å². The topological polar surface area (TPSA) is 113 Å². The summed E-state index contributed by atoms with van der Waals surface area (Å²) in [5.74, 6) is -1.42. The van der Waals surface area contributed by atoms with Crippen molar-refractivity contribution < 1.29 is 23.1 Å². The molecule has 0 radical (unpaired) electrons. The lowest BCUT2D eigenvalue weighted by atomic mass is 9.76. The number of halogens is 1. The van der Waals surface area contributed by atoms with Crippen LogP contribution in [-0.4, -0.2) is 30.9 Å². The second-order valence-corrected chi connectivity index (χ2v) is 11.8. The van der Waals surface area contributed by atoms with E-state index in [0.29, 0.717) is 51.4 Å². The summed E-state index contributed by atoms with van der Waals surface area (Å²) in [7, 11) is -3.85. The third kappa shape index (κ3) is 5.22. The molecule has 0 unspecified atom stereocenters. The number of aryl methyl sites for hydroxylation is 4. The SMILES string of the molecule is Cc1cc(S(=O)(=O)Nc2cccc(-c3cc(C)c(C(=O)NC4(C(=O)O)CCC4)c(C)c3)c2)c(C)cc1Cl. The summed E-state index contributed by atoms with van der Waals surface area (Å²) in [5, 5.41) is 12.8. The Bertz CT molecular complexity index is 1500. The molecule has 1 amide bonds. The predicted molar refractivity (Wildman–Crippen MR) is 145 cm³/mol. The van der Waals surface area contributed by atoms with Crippen molar-refractivity contribution in [2.45, 2.75) is 57.4 Å². The van der Waals surface area contributed by atoms with Crippen LogP contribution in [0.3, 0.4) is 0 Å². The van der Waals surface area contributed by atoms with Crippen LogP contribution >= 0.6 is 11.6 Å². The molecule has 1 aliphatic carbocycles. The molecule has 9 heteroatoms. The molecule has 1 fully saturated rings. The monoisotopic (exact) mass is 540 g/mol. The van der Waals surface area contributed by atoms with Gasteiger partial charge in [0.2, 0.25) is 0 Å². The van der Waals surface area contributed by atoms with Gasteiger partial charge in [-0.25, -0.2) is 13.2 Å². The van der Waals surface area contributed by atoms with Gasteiger partial charge in [0.1, 0.15) is 5.54 Å². The highest BCUT2D eigenvalue weighted by atomic mass is 35.5. The molecule has 1 saturated carbocycles. The number of carboxylic acids is 1. The smallest absolute Gasteiger partial charge is 0.329 e. The summed E-state index contributed by atoms with van der Waals surface area (Å²) in [6.45, 7) is 7.06. The van der Waals surface area contributed by atoms with E-state index in [2.05, 4.69) is 10.0 Å². The lowest BCUT2D eigenvalue weighted by Gasteiger charge is -2.38. The molecule has 3 N–H and O–H groups in total. The van der Waals surface area contributed by atoms with Crippen LogP contribution in [0.4, 0.5) is 5.69 Å². The van der Waals surface area contributed by atoms with Gasteiger partial charge in [0, 0.05) is 16.3 Å². The minimum Gasteiger partial charge on any atom is -0.480 e. The maximum Gasteiger partial charge on any atom is 0.329 e.